The molecule has 11 nitrogen and oxygen atoms in total. The van der Waals surface area contributed by atoms with Gasteiger partial charge >= 0.3 is 12.1 Å². The van der Waals surface area contributed by atoms with Crippen LogP contribution in [0.2, 0.25) is 0 Å². The molecule has 4 amide bonds. The summed E-state index contributed by atoms with van der Waals surface area (Å²) in [6.45, 7) is 13.6. The fourth-order valence-corrected chi connectivity index (χ4v) is 4.48. The summed E-state index contributed by atoms with van der Waals surface area (Å²) < 4.78 is 10.9. The van der Waals surface area contributed by atoms with E-state index in [9.17, 15) is 24.0 Å². The molecule has 0 radical (unpaired) electrons. The smallest absolute Gasteiger partial charge is 0.408 e. The summed E-state index contributed by atoms with van der Waals surface area (Å²) >= 11 is 0. The Hall–Kier alpha value is -4.85. The number of ether oxygens (including phenoxy) is 2. The quantitative estimate of drug-likeness (QED) is 0.197. The fraction of sp³-hybridized carbons (Fsp3) is 0.441. The number of esters is 1. The van der Waals surface area contributed by atoms with E-state index in [1.54, 1.807) is 84.9 Å². The number of amides is 4. The summed E-state index contributed by atoms with van der Waals surface area (Å²) in [5, 5.41) is 5.09. The summed E-state index contributed by atoms with van der Waals surface area (Å²) in [5.41, 5.74) is 6.29. The van der Waals surface area contributed by atoms with Crippen LogP contribution in [0.4, 0.5) is 4.79 Å². The average molecular weight is 621 g/mol. The van der Waals surface area contributed by atoms with Crippen LogP contribution in [0.3, 0.4) is 0 Å². The normalized spacial score (nSPS) is 13.3. The SMILES string of the molecule is C#CN(C(=O)C(CC(N)=O)NC(=O)OC(C)(C)C)C(C(=O)NC(Cc1ccccc1)C(=O)OC(C)(C)C)c1ccc(C)cc1C. The second-order valence-electron chi connectivity index (χ2n) is 12.8. The van der Waals surface area contributed by atoms with Gasteiger partial charge in [0.25, 0.3) is 5.91 Å². The van der Waals surface area contributed by atoms with Crippen LogP contribution in [0, 0.1) is 26.3 Å². The molecule has 2 aromatic carbocycles. The molecule has 2 aromatic rings. The molecule has 0 aliphatic heterocycles. The van der Waals surface area contributed by atoms with E-state index in [0.29, 0.717) is 11.1 Å². The topological polar surface area (TPSA) is 157 Å². The lowest BCUT2D eigenvalue weighted by molar-refractivity contribution is -0.159. The van der Waals surface area contributed by atoms with Crippen molar-refractivity contribution < 1.29 is 33.4 Å². The van der Waals surface area contributed by atoms with Crippen molar-refractivity contribution in [1.29, 1.82) is 0 Å². The molecule has 0 aliphatic rings. The van der Waals surface area contributed by atoms with Gasteiger partial charge in [0, 0.05) is 12.5 Å². The summed E-state index contributed by atoms with van der Waals surface area (Å²) in [6.07, 6.45) is 4.34. The van der Waals surface area contributed by atoms with Gasteiger partial charge in [0.2, 0.25) is 11.8 Å². The number of benzene rings is 2. The van der Waals surface area contributed by atoms with Crippen LogP contribution >= 0.6 is 0 Å². The van der Waals surface area contributed by atoms with E-state index in [4.69, 9.17) is 21.6 Å². The molecule has 0 saturated carbocycles. The largest absolute Gasteiger partial charge is 0.458 e. The minimum Gasteiger partial charge on any atom is -0.458 e. The zero-order valence-corrected chi connectivity index (χ0v) is 27.2. The number of rotatable bonds is 11. The minimum atomic E-state index is -1.56. The van der Waals surface area contributed by atoms with Crippen LogP contribution in [-0.4, -0.2) is 58.0 Å². The Labute approximate surface area is 265 Å². The van der Waals surface area contributed by atoms with Gasteiger partial charge < -0.3 is 25.8 Å². The standard InChI is InChI=1S/C34H44N4O7/c1-10-38(30(41)25(20-27(35)39)37-32(43)45-34(7,8)9)28(24-17-16-21(2)18-22(24)3)29(40)36-26(31(42)44-33(4,5)6)19-23-14-12-11-13-15-23/h1,11-18,25-26,28H,19-20H2,2-9H3,(H2,35,39)(H,36,40)(H,37,43). The zero-order chi connectivity index (χ0) is 34.1. The summed E-state index contributed by atoms with van der Waals surface area (Å²) in [6, 6.07) is 12.3. The number of hydrogen-bond acceptors (Lipinski definition) is 7. The number of alkyl carbamates (subject to hydrolysis) is 1. The summed E-state index contributed by atoms with van der Waals surface area (Å²) in [5.74, 6) is -3.33. The van der Waals surface area contributed by atoms with Crippen molar-refractivity contribution in [2.75, 3.05) is 0 Å². The fourth-order valence-electron chi connectivity index (χ4n) is 4.48. The lowest BCUT2D eigenvalue weighted by Crippen LogP contribution is -2.54. The van der Waals surface area contributed by atoms with Gasteiger partial charge in [-0.3, -0.25) is 19.3 Å². The maximum Gasteiger partial charge on any atom is 0.408 e. The second-order valence-corrected chi connectivity index (χ2v) is 12.8. The van der Waals surface area contributed by atoms with E-state index in [0.717, 1.165) is 16.0 Å². The molecule has 2 rings (SSSR count). The predicted octanol–water partition coefficient (Wildman–Crippen LogP) is 3.60. The second kappa shape index (κ2) is 15.2. The van der Waals surface area contributed by atoms with Crippen LogP contribution in [0.5, 0.6) is 0 Å². The van der Waals surface area contributed by atoms with Crippen LogP contribution < -0.4 is 16.4 Å². The van der Waals surface area contributed by atoms with Gasteiger partial charge in [0.05, 0.1) is 6.42 Å². The van der Waals surface area contributed by atoms with Crippen LogP contribution in [0.15, 0.2) is 48.5 Å². The molecule has 0 aliphatic carbocycles. The molecular weight excluding hydrogens is 576 g/mol. The first-order chi connectivity index (χ1) is 20.8. The molecule has 0 heterocycles. The number of nitrogens with zero attached hydrogens (tertiary/aromatic N) is 1. The Balaban J connectivity index is 2.60. The number of carbonyl (C=O) groups is 5. The Bertz CT molecular complexity index is 1440. The number of aryl methyl sites for hydroxylation is 2. The van der Waals surface area contributed by atoms with Crippen molar-refractivity contribution in [1.82, 2.24) is 15.5 Å². The van der Waals surface area contributed by atoms with Gasteiger partial charge in [0.15, 0.2) is 0 Å². The Morgan fingerprint density at radius 2 is 1.49 bits per heavy atom. The van der Waals surface area contributed by atoms with Gasteiger partial charge in [-0.2, -0.15) is 0 Å². The van der Waals surface area contributed by atoms with E-state index in [2.05, 4.69) is 16.7 Å². The monoisotopic (exact) mass is 620 g/mol. The van der Waals surface area contributed by atoms with Gasteiger partial charge in [-0.25, -0.2) is 9.59 Å². The minimum absolute atomic E-state index is 0.0929. The first-order valence-electron chi connectivity index (χ1n) is 14.5. The van der Waals surface area contributed by atoms with E-state index >= 15 is 0 Å². The molecule has 0 spiro atoms. The third kappa shape index (κ3) is 11.6. The number of hydrogen-bond donors (Lipinski definition) is 3. The maximum absolute atomic E-state index is 14.2. The van der Waals surface area contributed by atoms with Crippen molar-refractivity contribution >= 4 is 29.8 Å². The Morgan fingerprint density at radius 1 is 0.889 bits per heavy atom. The average Bonchev–Trinajstić information content (AvgIpc) is 2.89. The molecule has 0 aromatic heterocycles. The molecule has 45 heavy (non-hydrogen) atoms. The third-order valence-corrected chi connectivity index (χ3v) is 6.29. The summed E-state index contributed by atoms with van der Waals surface area (Å²) in [7, 11) is 0. The third-order valence-electron chi connectivity index (χ3n) is 6.29. The molecular formula is C34H44N4O7. The van der Waals surface area contributed by atoms with Crippen LogP contribution in [-0.2, 0) is 35.1 Å². The van der Waals surface area contributed by atoms with Crippen LogP contribution in [0.1, 0.15) is 76.3 Å². The molecule has 11 heteroatoms. The van der Waals surface area contributed by atoms with Crippen molar-refractivity contribution in [3.63, 3.8) is 0 Å². The number of nitrogens with two attached hydrogens (primary N) is 1. The predicted molar refractivity (Wildman–Crippen MR) is 169 cm³/mol. The lowest BCUT2D eigenvalue weighted by atomic mass is 9.96. The highest BCUT2D eigenvalue weighted by Crippen LogP contribution is 2.27. The highest BCUT2D eigenvalue weighted by molar-refractivity contribution is 5.96. The lowest BCUT2D eigenvalue weighted by Gasteiger charge is -2.32. The molecule has 0 fully saturated rings. The van der Waals surface area contributed by atoms with Crippen molar-refractivity contribution in [3.8, 4) is 12.5 Å². The first kappa shape index (κ1) is 36.3. The number of terminal acetylenes is 1. The molecule has 4 N–H and O–H groups in total. The molecule has 242 valence electrons. The van der Waals surface area contributed by atoms with Gasteiger partial charge in [-0.05, 0) is 72.1 Å². The molecule has 0 saturated heterocycles. The van der Waals surface area contributed by atoms with E-state index in [-0.39, 0.29) is 6.42 Å². The number of carbonyl (C=O) groups excluding carboxylic acids is 5. The van der Waals surface area contributed by atoms with E-state index in [1.165, 1.54) is 0 Å². The van der Waals surface area contributed by atoms with Gasteiger partial charge in [-0.1, -0.05) is 60.5 Å². The molecule has 3 atom stereocenters. The first-order valence-corrected chi connectivity index (χ1v) is 14.5. The van der Waals surface area contributed by atoms with Crippen molar-refractivity contribution in [2.24, 2.45) is 5.73 Å². The number of nitrogens with one attached hydrogen (secondary N) is 2. The van der Waals surface area contributed by atoms with Gasteiger partial charge in [-0.15, -0.1) is 0 Å². The Morgan fingerprint density at radius 3 is 2.00 bits per heavy atom. The molecule has 3 unspecified atom stereocenters. The zero-order valence-electron chi connectivity index (χ0n) is 27.2. The highest BCUT2D eigenvalue weighted by atomic mass is 16.6. The number of primary amides is 1. The summed E-state index contributed by atoms with van der Waals surface area (Å²) in [4.78, 5) is 66.8. The van der Waals surface area contributed by atoms with E-state index < -0.39 is 65.5 Å². The van der Waals surface area contributed by atoms with Crippen molar-refractivity contribution in [2.45, 2.75) is 97.6 Å². The van der Waals surface area contributed by atoms with E-state index in [1.807, 2.05) is 19.1 Å². The van der Waals surface area contributed by atoms with Crippen molar-refractivity contribution in [3.05, 3.63) is 70.8 Å². The maximum atomic E-state index is 14.2. The highest BCUT2D eigenvalue weighted by Gasteiger charge is 2.39. The van der Waals surface area contributed by atoms with Crippen LogP contribution in [0.25, 0.3) is 0 Å². The Kier molecular flexibility index (Phi) is 12.3. The van der Waals surface area contributed by atoms with Gasteiger partial charge in [0.1, 0.15) is 29.3 Å². The molecule has 0 bridgehead atoms.